The summed E-state index contributed by atoms with van der Waals surface area (Å²) in [6.07, 6.45) is 3.32. The van der Waals surface area contributed by atoms with Gasteiger partial charge in [-0.3, -0.25) is 0 Å². The second-order valence-electron chi connectivity index (χ2n) is 2.57. The molecule has 1 heteroatoms. The minimum Gasteiger partial charge on any atom is -0.388 e. The van der Waals surface area contributed by atoms with Gasteiger partial charge in [-0.25, -0.2) is 0 Å². The van der Waals surface area contributed by atoms with Gasteiger partial charge in [0.25, 0.3) is 0 Å². The van der Waals surface area contributed by atoms with Gasteiger partial charge in [0.2, 0.25) is 0 Å². The van der Waals surface area contributed by atoms with Gasteiger partial charge in [-0.15, -0.1) is 6.58 Å². The highest BCUT2D eigenvalue weighted by atomic mass is 16.3. The van der Waals surface area contributed by atoms with Gasteiger partial charge in [0, 0.05) is 5.92 Å². The molecule has 2 atom stereocenters. The number of hydrogen-bond donors (Lipinski definition) is 1. The summed E-state index contributed by atoms with van der Waals surface area (Å²) in [5.74, 6) is 0.149. The van der Waals surface area contributed by atoms with Crippen LogP contribution in [0.4, 0.5) is 0 Å². The van der Waals surface area contributed by atoms with Gasteiger partial charge in [0.1, 0.15) is 0 Å². The first kappa shape index (κ1) is 9.44. The lowest BCUT2D eigenvalue weighted by molar-refractivity contribution is 0.173. The largest absolute Gasteiger partial charge is 0.388 e. The van der Waals surface area contributed by atoms with E-state index in [-0.39, 0.29) is 12.0 Å². The molecule has 0 aromatic rings. The van der Waals surface area contributed by atoms with Gasteiger partial charge < -0.3 is 5.11 Å². The standard InChI is InChI=1S/C9H16O/c1-5-7(3)9(10)8(4)6-2/h5-7,9-10H,1H2,2-4H3/b8-6+/t7-,9-/m1/s1. The molecule has 0 rings (SSSR count). The zero-order valence-electron chi connectivity index (χ0n) is 6.96. The van der Waals surface area contributed by atoms with Crippen LogP contribution in [0.1, 0.15) is 20.8 Å². The Morgan fingerprint density at radius 1 is 1.60 bits per heavy atom. The molecule has 0 aliphatic rings. The molecule has 0 saturated carbocycles. The zero-order chi connectivity index (χ0) is 8.15. The van der Waals surface area contributed by atoms with Gasteiger partial charge in [-0.1, -0.05) is 19.1 Å². The van der Waals surface area contributed by atoms with E-state index in [9.17, 15) is 5.11 Å². The fourth-order valence-electron chi connectivity index (χ4n) is 0.714. The summed E-state index contributed by atoms with van der Waals surface area (Å²) in [5, 5.41) is 9.45. The summed E-state index contributed by atoms with van der Waals surface area (Å²) in [5.41, 5.74) is 1.01. The maximum atomic E-state index is 9.45. The van der Waals surface area contributed by atoms with Crippen LogP contribution in [0, 0.1) is 5.92 Å². The average Bonchev–Trinajstić information content (AvgIpc) is 2.00. The molecule has 58 valence electrons. The van der Waals surface area contributed by atoms with Crippen molar-refractivity contribution in [1.82, 2.24) is 0 Å². The van der Waals surface area contributed by atoms with Gasteiger partial charge in [-0.2, -0.15) is 0 Å². The van der Waals surface area contributed by atoms with Crippen molar-refractivity contribution in [3.8, 4) is 0 Å². The van der Waals surface area contributed by atoms with E-state index in [2.05, 4.69) is 6.58 Å². The Hall–Kier alpha value is -0.560. The lowest BCUT2D eigenvalue weighted by Crippen LogP contribution is -2.16. The van der Waals surface area contributed by atoms with E-state index < -0.39 is 0 Å². The lowest BCUT2D eigenvalue weighted by Gasteiger charge is -2.14. The van der Waals surface area contributed by atoms with Crippen molar-refractivity contribution < 1.29 is 5.11 Å². The highest BCUT2D eigenvalue weighted by Gasteiger charge is 2.10. The summed E-state index contributed by atoms with van der Waals surface area (Å²) >= 11 is 0. The van der Waals surface area contributed by atoms with Crippen molar-refractivity contribution >= 4 is 0 Å². The van der Waals surface area contributed by atoms with Crippen LogP contribution in [0.5, 0.6) is 0 Å². The highest BCUT2D eigenvalue weighted by molar-refractivity contribution is 5.06. The Morgan fingerprint density at radius 3 is 2.40 bits per heavy atom. The van der Waals surface area contributed by atoms with Gasteiger partial charge >= 0.3 is 0 Å². The minimum absolute atomic E-state index is 0.149. The van der Waals surface area contributed by atoms with Gasteiger partial charge in [0.15, 0.2) is 0 Å². The summed E-state index contributed by atoms with van der Waals surface area (Å²) in [7, 11) is 0. The fraction of sp³-hybridized carbons (Fsp3) is 0.556. The average molecular weight is 140 g/mol. The van der Waals surface area contributed by atoms with Crippen molar-refractivity contribution in [2.75, 3.05) is 0 Å². The molecule has 0 aliphatic heterocycles. The number of allylic oxidation sites excluding steroid dienone is 1. The minimum atomic E-state index is -0.359. The fourth-order valence-corrected chi connectivity index (χ4v) is 0.714. The lowest BCUT2D eigenvalue weighted by atomic mass is 9.99. The number of rotatable bonds is 3. The third kappa shape index (κ3) is 2.36. The number of hydrogen-bond acceptors (Lipinski definition) is 1. The summed E-state index contributed by atoms with van der Waals surface area (Å²) in [4.78, 5) is 0. The molecule has 0 bridgehead atoms. The second kappa shape index (κ2) is 4.29. The van der Waals surface area contributed by atoms with E-state index >= 15 is 0 Å². The summed E-state index contributed by atoms with van der Waals surface area (Å²) in [6.45, 7) is 9.41. The summed E-state index contributed by atoms with van der Waals surface area (Å²) in [6, 6.07) is 0. The maximum Gasteiger partial charge on any atom is 0.0807 e. The van der Waals surface area contributed by atoms with Crippen LogP contribution in [0.3, 0.4) is 0 Å². The molecule has 0 heterocycles. The Bertz CT molecular complexity index is 136. The van der Waals surface area contributed by atoms with E-state index in [1.807, 2.05) is 26.8 Å². The van der Waals surface area contributed by atoms with Crippen LogP contribution in [-0.2, 0) is 0 Å². The molecule has 0 fully saturated rings. The van der Waals surface area contributed by atoms with Crippen LogP contribution in [-0.4, -0.2) is 11.2 Å². The Kier molecular flexibility index (Phi) is 4.05. The van der Waals surface area contributed by atoms with E-state index in [1.165, 1.54) is 0 Å². The molecule has 0 spiro atoms. The van der Waals surface area contributed by atoms with Crippen molar-refractivity contribution in [3.63, 3.8) is 0 Å². The quantitative estimate of drug-likeness (QED) is 0.595. The number of aliphatic hydroxyl groups excluding tert-OH is 1. The van der Waals surface area contributed by atoms with Gasteiger partial charge in [-0.05, 0) is 19.4 Å². The van der Waals surface area contributed by atoms with Crippen LogP contribution < -0.4 is 0 Å². The monoisotopic (exact) mass is 140 g/mol. The molecule has 0 amide bonds. The second-order valence-corrected chi connectivity index (χ2v) is 2.57. The summed E-state index contributed by atoms with van der Waals surface area (Å²) < 4.78 is 0. The Labute approximate surface area is 63.1 Å². The Balaban J connectivity index is 4.06. The number of aliphatic hydroxyl groups is 1. The van der Waals surface area contributed by atoms with Crippen LogP contribution in [0.25, 0.3) is 0 Å². The van der Waals surface area contributed by atoms with Crippen LogP contribution >= 0.6 is 0 Å². The zero-order valence-corrected chi connectivity index (χ0v) is 6.96. The molecule has 0 aliphatic carbocycles. The van der Waals surface area contributed by atoms with Crippen molar-refractivity contribution in [2.24, 2.45) is 5.92 Å². The molecule has 1 N–H and O–H groups in total. The third-order valence-corrected chi connectivity index (χ3v) is 1.79. The smallest absolute Gasteiger partial charge is 0.0807 e. The first-order valence-corrected chi connectivity index (χ1v) is 3.57. The first-order chi connectivity index (χ1) is 4.63. The topological polar surface area (TPSA) is 20.2 Å². The SMILES string of the molecule is C=C[C@@H](C)[C@@H](O)/C(C)=C/C. The van der Waals surface area contributed by atoms with E-state index in [4.69, 9.17) is 0 Å². The van der Waals surface area contributed by atoms with E-state index in [1.54, 1.807) is 6.08 Å². The first-order valence-electron chi connectivity index (χ1n) is 3.57. The molecule has 0 radical (unpaired) electrons. The molecule has 1 nitrogen and oxygen atoms in total. The molecule has 0 aromatic carbocycles. The van der Waals surface area contributed by atoms with Gasteiger partial charge in [0.05, 0.1) is 6.10 Å². The predicted octanol–water partition coefficient (Wildman–Crippen LogP) is 2.14. The van der Waals surface area contributed by atoms with E-state index in [0.29, 0.717) is 0 Å². The van der Waals surface area contributed by atoms with Crippen LogP contribution in [0.15, 0.2) is 24.3 Å². The molecule has 10 heavy (non-hydrogen) atoms. The Morgan fingerprint density at radius 2 is 2.10 bits per heavy atom. The van der Waals surface area contributed by atoms with Crippen molar-refractivity contribution in [3.05, 3.63) is 24.3 Å². The maximum absolute atomic E-state index is 9.45. The van der Waals surface area contributed by atoms with Crippen LogP contribution in [0.2, 0.25) is 0 Å². The molecule has 0 unspecified atom stereocenters. The highest BCUT2D eigenvalue weighted by Crippen LogP contribution is 2.11. The molecule has 0 aromatic heterocycles. The van der Waals surface area contributed by atoms with Crippen molar-refractivity contribution in [1.29, 1.82) is 0 Å². The molecular weight excluding hydrogens is 124 g/mol. The van der Waals surface area contributed by atoms with E-state index in [0.717, 1.165) is 5.57 Å². The normalized spacial score (nSPS) is 18.2. The van der Waals surface area contributed by atoms with Crippen molar-refractivity contribution in [2.45, 2.75) is 26.9 Å². The predicted molar refractivity (Wildman–Crippen MR) is 44.8 cm³/mol. The molecular formula is C9H16O. The molecule has 0 saturated heterocycles. The third-order valence-electron chi connectivity index (χ3n) is 1.79.